The Bertz CT molecular complexity index is 833. The molecule has 0 amide bonds. The van der Waals surface area contributed by atoms with Gasteiger partial charge in [0, 0.05) is 20.0 Å². The average molecular weight is 432 g/mol. The lowest BCUT2D eigenvalue weighted by Gasteiger charge is -2.07. The molecule has 0 aliphatic carbocycles. The highest BCUT2D eigenvalue weighted by Crippen LogP contribution is 2.36. The summed E-state index contributed by atoms with van der Waals surface area (Å²) in [5.41, 5.74) is 12.4. The quantitative estimate of drug-likeness (QED) is 0.373. The van der Waals surface area contributed by atoms with E-state index in [2.05, 4.69) is 83.9 Å². The summed E-state index contributed by atoms with van der Waals surface area (Å²) in [6, 6.07) is 15.3. The second-order valence-electron chi connectivity index (χ2n) is 6.63. The fourth-order valence-electron chi connectivity index (χ4n) is 3.38. The number of benzene rings is 2. The van der Waals surface area contributed by atoms with Crippen LogP contribution < -0.4 is 5.73 Å². The highest BCUT2D eigenvalue weighted by Gasteiger charge is 2.17. The number of para-hydroxylation sites is 1. The molecule has 0 saturated carbocycles. The number of hydrogen-bond donors (Lipinski definition) is 2. The first-order chi connectivity index (χ1) is 11.6. The van der Waals surface area contributed by atoms with Gasteiger partial charge in [0.2, 0.25) is 0 Å². The van der Waals surface area contributed by atoms with Gasteiger partial charge in [0.1, 0.15) is 0 Å². The zero-order chi connectivity index (χ0) is 17.1. The van der Waals surface area contributed by atoms with Gasteiger partial charge < -0.3 is 10.7 Å². The Morgan fingerprint density at radius 3 is 2.54 bits per heavy atom. The SMILES string of the molecule is CC(C)c1cccc2c(CCCCN)c(-c3ccccc3I)[nH]c12. The van der Waals surface area contributed by atoms with E-state index in [1.54, 1.807) is 0 Å². The number of aromatic nitrogens is 1. The molecule has 2 nitrogen and oxygen atoms in total. The van der Waals surface area contributed by atoms with E-state index in [1.807, 2.05) is 0 Å². The zero-order valence-electron chi connectivity index (χ0n) is 14.4. The Balaban J connectivity index is 2.21. The lowest BCUT2D eigenvalue weighted by atomic mass is 9.96. The van der Waals surface area contributed by atoms with Crippen molar-refractivity contribution in [3.05, 3.63) is 57.2 Å². The van der Waals surface area contributed by atoms with E-state index >= 15 is 0 Å². The molecule has 1 aromatic heterocycles. The summed E-state index contributed by atoms with van der Waals surface area (Å²) in [5.74, 6) is 0.506. The number of H-pyrrole nitrogens is 1. The number of aryl methyl sites for hydroxylation is 1. The van der Waals surface area contributed by atoms with E-state index in [0.717, 1.165) is 25.8 Å². The highest BCUT2D eigenvalue weighted by atomic mass is 127. The zero-order valence-corrected chi connectivity index (χ0v) is 16.6. The summed E-state index contributed by atoms with van der Waals surface area (Å²) < 4.78 is 1.29. The molecule has 0 bridgehead atoms. The van der Waals surface area contributed by atoms with Gasteiger partial charge >= 0.3 is 0 Å². The maximum atomic E-state index is 5.71. The first-order valence-corrected chi connectivity index (χ1v) is 9.79. The van der Waals surface area contributed by atoms with Crippen LogP contribution in [0.3, 0.4) is 0 Å². The van der Waals surface area contributed by atoms with Gasteiger partial charge in [-0.3, -0.25) is 0 Å². The Labute approximate surface area is 158 Å². The summed E-state index contributed by atoms with van der Waals surface area (Å²) in [6.07, 6.45) is 3.27. The molecule has 3 heteroatoms. The number of unbranched alkanes of at least 4 members (excludes halogenated alkanes) is 1. The summed E-state index contributed by atoms with van der Waals surface area (Å²) in [5, 5.41) is 1.37. The molecule has 0 atom stereocenters. The van der Waals surface area contributed by atoms with Crippen molar-refractivity contribution < 1.29 is 0 Å². The maximum absolute atomic E-state index is 5.71. The molecule has 3 aromatic rings. The van der Waals surface area contributed by atoms with Crippen molar-refractivity contribution >= 4 is 33.5 Å². The number of nitrogens with two attached hydrogens (primary N) is 1. The van der Waals surface area contributed by atoms with Crippen LogP contribution in [0, 0.1) is 3.57 Å². The molecule has 0 spiro atoms. The number of hydrogen-bond acceptors (Lipinski definition) is 1. The van der Waals surface area contributed by atoms with Crippen LogP contribution in [0.2, 0.25) is 0 Å². The molecule has 3 rings (SSSR count). The third-order valence-corrected chi connectivity index (χ3v) is 5.56. The molecule has 0 saturated heterocycles. The summed E-state index contributed by atoms with van der Waals surface area (Å²) >= 11 is 2.43. The van der Waals surface area contributed by atoms with Crippen LogP contribution in [0.1, 0.15) is 43.7 Å². The average Bonchev–Trinajstić information content (AvgIpc) is 2.94. The van der Waals surface area contributed by atoms with Crippen LogP contribution >= 0.6 is 22.6 Å². The van der Waals surface area contributed by atoms with Crippen molar-refractivity contribution in [1.82, 2.24) is 4.98 Å². The molecule has 126 valence electrons. The van der Waals surface area contributed by atoms with Gasteiger partial charge in [-0.2, -0.15) is 0 Å². The topological polar surface area (TPSA) is 41.8 Å². The second kappa shape index (κ2) is 7.70. The molecular weight excluding hydrogens is 407 g/mol. The predicted molar refractivity (Wildman–Crippen MR) is 113 cm³/mol. The third kappa shape index (κ3) is 3.38. The van der Waals surface area contributed by atoms with E-state index in [1.165, 1.54) is 36.9 Å². The number of aromatic amines is 1. The number of rotatable bonds is 6. The lowest BCUT2D eigenvalue weighted by molar-refractivity contribution is 0.748. The molecule has 0 aliphatic rings. The normalized spacial score (nSPS) is 11.5. The Morgan fingerprint density at radius 2 is 1.83 bits per heavy atom. The van der Waals surface area contributed by atoms with E-state index < -0.39 is 0 Å². The van der Waals surface area contributed by atoms with E-state index in [0.29, 0.717) is 5.92 Å². The second-order valence-corrected chi connectivity index (χ2v) is 7.79. The molecule has 2 aromatic carbocycles. The number of nitrogens with one attached hydrogen (secondary N) is 1. The van der Waals surface area contributed by atoms with Crippen molar-refractivity contribution in [2.24, 2.45) is 5.73 Å². The fourth-order valence-corrected chi connectivity index (χ4v) is 4.03. The first-order valence-electron chi connectivity index (χ1n) is 8.72. The van der Waals surface area contributed by atoms with Crippen LogP contribution in [-0.4, -0.2) is 11.5 Å². The summed E-state index contributed by atoms with van der Waals surface area (Å²) in [7, 11) is 0. The van der Waals surface area contributed by atoms with Gasteiger partial charge in [0.15, 0.2) is 0 Å². The molecule has 0 unspecified atom stereocenters. The Kier molecular flexibility index (Phi) is 5.61. The number of fused-ring (bicyclic) bond motifs is 1. The van der Waals surface area contributed by atoms with Gasteiger partial charge in [-0.15, -0.1) is 0 Å². The minimum absolute atomic E-state index is 0.506. The van der Waals surface area contributed by atoms with Crippen molar-refractivity contribution in [2.75, 3.05) is 6.54 Å². The van der Waals surface area contributed by atoms with Gasteiger partial charge in [-0.1, -0.05) is 50.2 Å². The van der Waals surface area contributed by atoms with Gasteiger partial charge in [0.05, 0.1) is 5.69 Å². The first kappa shape index (κ1) is 17.5. The predicted octanol–water partition coefficient (Wildman–Crippen LogP) is 5.84. The summed E-state index contributed by atoms with van der Waals surface area (Å²) in [6.45, 7) is 5.28. The van der Waals surface area contributed by atoms with Gasteiger partial charge in [-0.25, -0.2) is 0 Å². The standard InChI is InChI=1S/C21H25IN2/c1-14(2)15-10-7-11-17-16(8-5-6-13-23)21(24-20(15)17)18-9-3-4-12-19(18)22/h3-4,7,9-12,14,24H,5-6,8,13,23H2,1-2H3. The highest BCUT2D eigenvalue weighted by molar-refractivity contribution is 14.1. The molecule has 1 heterocycles. The minimum Gasteiger partial charge on any atom is -0.354 e. The molecular formula is C21H25IN2. The van der Waals surface area contributed by atoms with Crippen LogP contribution in [0.15, 0.2) is 42.5 Å². The molecule has 0 fully saturated rings. The third-order valence-electron chi connectivity index (χ3n) is 4.62. The van der Waals surface area contributed by atoms with Crippen molar-refractivity contribution in [1.29, 1.82) is 0 Å². The Hall–Kier alpha value is -1.33. The van der Waals surface area contributed by atoms with E-state index in [-0.39, 0.29) is 0 Å². The van der Waals surface area contributed by atoms with Crippen molar-refractivity contribution in [3.8, 4) is 11.3 Å². The van der Waals surface area contributed by atoms with Crippen molar-refractivity contribution in [2.45, 2.75) is 39.0 Å². The molecule has 0 radical (unpaired) electrons. The van der Waals surface area contributed by atoms with E-state index in [4.69, 9.17) is 5.73 Å². The fraction of sp³-hybridized carbons (Fsp3) is 0.333. The maximum Gasteiger partial charge on any atom is 0.0508 e. The lowest BCUT2D eigenvalue weighted by Crippen LogP contribution is -1.99. The van der Waals surface area contributed by atoms with Gasteiger partial charge in [-0.05, 0) is 71.5 Å². The Morgan fingerprint density at radius 1 is 1.04 bits per heavy atom. The van der Waals surface area contributed by atoms with Crippen LogP contribution in [0.25, 0.3) is 22.2 Å². The monoisotopic (exact) mass is 432 g/mol. The van der Waals surface area contributed by atoms with Gasteiger partial charge in [0.25, 0.3) is 0 Å². The largest absolute Gasteiger partial charge is 0.354 e. The van der Waals surface area contributed by atoms with Crippen LogP contribution in [0.4, 0.5) is 0 Å². The van der Waals surface area contributed by atoms with Crippen LogP contribution in [0.5, 0.6) is 0 Å². The smallest absolute Gasteiger partial charge is 0.0508 e. The molecule has 24 heavy (non-hydrogen) atoms. The van der Waals surface area contributed by atoms with E-state index in [9.17, 15) is 0 Å². The number of halogens is 1. The van der Waals surface area contributed by atoms with Crippen molar-refractivity contribution in [3.63, 3.8) is 0 Å². The molecule has 0 aliphatic heterocycles. The van der Waals surface area contributed by atoms with Crippen LogP contribution in [-0.2, 0) is 6.42 Å². The minimum atomic E-state index is 0.506. The summed E-state index contributed by atoms with van der Waals surface area (Å²) in [4.78, 5) is 3.76. The molecule has 3 N–H and O–H groups in total.